The normalized spacial score (nSPS) is 17.7. The third kappa shape index (κ3) is 4.31. The van der Waals surface area contributed by atoms with Gasteiger partial charge in [-0.1, -0.05) is 30.3 Å². The number of nitrogens with zero attached hydrogens (tertiary/aromatic N) is 1. The van der Waals surface area contributed by atoms with Crippen LogP contribution in [0.4, 0.5) is 0 Å². The van der Waals surface area contributed by atoms with Crippen molar-refractivity contribution in [2.75, 3.05) is 20.2 Å². The lowest BCUT2D eigenvalue weighted by atomic mass is 9.95. The van der Waals surface area contributed by atoms with Crippen LogP contribution in [0, 0.1) is 5.92 Å². The molecule has 1 N–H and O–H groups in total. The number of piperidine rings is 1. The zero-order valence-corrected chi connectivity index (χ0v) is 13.2. The molecule has 1 aromatic rings. The van der Waals surface area contributed by atoms with E-state index >= 15 is 0 Å². The van der Waals surface area contributed by atoms with Crippen molar-refractivity contribution in [3.05, 3.63) is 35.9 Å². The van der Waals surface area contributed by atoms with Gasteiger partial charge in [0.1, 0.15) is 6.04 Å². The molecule has 0 saturated carbocycles. The van der Waals surface area contributed by atoms with Gasteiger partial charge in [0.15, 0.2) is 0 Å². The number of hydrogen-bond donors (Lipinski definition) is 1. The Kier molecular flexibility index (Phi) is 5.95. The number of ether oxygens (including phenoxy) is 1. The molecule has 1 amide bonds. The number of nitrogens with one attached hydrogen (secondary N) is 1. The Balaban J connectivity index is 1.76. The number of rotatable bonds is 5. The van der Waals surface area contributed by atoms with Gasteiger partial charge >= 0.3 is 5.97 Å². The van der Waals surface area contributed by atoms with Gasteiger partial charge in [0, 0.05) is 12.5 Å². The first-order valence-electron chi connectivity index (χ1n) is 7.75. The number of carbonyl (C=O) groups excluding carboxylic acids is 2. The molecular weight excluding hydrogens is 280 g/mol. The molecule has 1 heterocycles. The Morgan fingerprint density at radius 2 is 1.91 bits per heavy atom. The molecule has 120 valence electrons. The van der Waals surface area contributed by atoms with E-state index in [4.69, 9.17) is 4.74 Å². The Hall–Kier alpha value is -1.88. The van der Waals surface area contributed by atoms with E-state index in [0.29, 0.717) is 6.54 Å². The van der Waals surface area contributed by atoms with E-state index in [1.54, 1.807) is 0 Å². The van der Waals surface area contributed by atoms with E-state index in [1.807, 2.05) is 37.3 Å². The molecule has 2 rings (SSSR count). The summed E-state index contributed by atoms with van der Waals surface area (Å²) in [4.78, 5) is 25.8. The van der Waals surface area contributed by atoms with E-state index in [9.17, 15) is 9.59 Å². The zero-order valence-electron chi connectivity index (χ0n) is 13.2. The van der Waals surface area contributed by atoms with Gasteiger partial charge < -0.3 is 10.1 Å². The minimum Gasteiger partial charge on any atom is -0.468 e. The molecular formula is C17H24N2O3. The quantitative estimate of drug-likeness (QED) is 0.839. The van der Waals surface area contributed by atoms with Gasteiger partial charge in [0.25, 0.3) is 0 Å². The van der Waals surface area contributed by atoms with Crippen LogP contribution in [-0.2, 0) is 20.9 Å². The molecule has 0 aliphatic carbocycles. The van der Waals surface area contributed by atoms with Crippen LogP contribution in [0.1, 0.15) is 25.3 Å². The second-order valence-electron chi connectivity index (χ2n) is 5.71. The third-order valence-electron chi connectivity index (χ3n) is 4.30. The Labute approximate surface area is 131 Å². The fraction of sp³-hybridized carbons (Fsp3) is 0.529. The van der Waals surface area contributed by atoms with Crippen molar-refractivity contribution in [3.63, 3.8) is 0 Å². The largest absolute Gasteiger partial charge is 0.468 e. The molecule has 1 aromatic carbocycles. The predicted molar refractivity (Wildman–Crippen MR) is 84.1 cm³/mol. The average Bonchev–Trinajstić information content (AvgIpc) is 2.59. The van der Waals surface area contributed by atoms with Crippen LogP contribution in [0.15, 0.2) is 30.3 Å². The van der Waals surface area contributed by atoms with Crippen LogP contribution >= 0.6 is 0 Å². The smallest absolute Gasteiger partial charge is 0.322 e. The summed E-state index contributed by atoms with van der Waals surface area (Å²) in [6, 6.07) is 9.66. The highest BCUT2D eigenvalue weighted by Gasteiger charge is 2.29. The molecule has 0 spiro atoms. The summed E-state index contributed by atoms with van der Waals surface area (Å²) in [6.45, 7) is 3.92. The summed E-state index contributed by atoms with van der Waals surface area (Å²) in [6.07, 6.45) is 1.56. The summed E-state index contributed by atoms with van der Waals surface area (Å²) >= 11 is 0. The lowest BCUT2D eigenvalue weighted by Gasteiger charge is -2.34. The highest BCUT2D eigenvalue weighted by Crippen LogP contribution is 2.19. The monoisotopic (exact) mass is 304 g/mol. The average molecular weight is 304 g/mol. The van der Waals surface area contributed by atoms with E-state index in [-0.39, 0.29) is 23.8 Å². The van der Waals surface area contributed by atoms with Crippen LogP contribution in [0.25, 0.3) is 0 Å². The van der Waals surface area contributed by atoms with Crippen molar-refractivity contribution in [1.29, 1.82) is 0 Å². The van der Waals surface area contributed by atoms with Gasteiger partial charge in [-0.2, -0.15) is 0 Å². The van der Waals surface area contributed by atoms with Crippen molar-refractivity contribution < 1.29 is 14.3 Å². The van der Waals surface area contributed by atoms with Gasteiger partial charge in [0.2, 0.25) is 5.91 Å². The Bertz CT molecular complexity index is 496. The molecule has 0 bridgehead atoms. The predicted octanol–water partition coefficient (Wildman–Crippen LogP) is 1.58. The van der Waals surface area contributed by atoms with Gasteiger partial charge in [-0.25, -0.2) is 0 Å². The molecule has 1 saturated heterocycles. The zero-order chi connectivity index (χ0) is 15.9. The fourth-order valence-corrected chi connectivity index (χ4v) is 2.80. The highest BCUT2D eigenvalue weighted by atomic mass is 16.5. The molecule has 5 nitrogen and oxygen atoms in total. The van der Waals surface area contributed by atoms with E-state index in [1.165, 1.54) is 7.11 Å². The molecule has 5 heteroatoms. The topological polar surface area (TPSA) is 58.6 Å². The fourth-order valence-electron chi connectivity index (χ4n) is 2.80. The number of carbonyl (C=O) groups is 2. The van der Waals surface area contributed by atoms with Crippen molar-refractivity contribution in [2.45, 2.75) is 32.4 Å². The maximum absolute atomic E-state index is 12.2. The number of amides is 1. The number of methoxy groups -OCH3 is 1. The second-order valence-corrected chi connectivity index (χ2v) is 5.71. The number of likely N-dealkylation sites (tertiary alicyclic amines) is 1. The van der Waals surface area contributed by atoms with Crippen molar-refractivity contribution in [3.8, 4) is 0 Å². The molecule has 0 aromatic heterocycles. The lowest BCUT2D eigenvalue weighted by molar-refractivity contribution is -0.147. The molecule has 1 aliphatic rings. The third-order valence-corrected chi connectivity index (χ3v) is 4.30. The van der Waals surface area contributed by atoms with Crippen molar-refractivity contribution in [1.82, 2.24) is 10.2 Å². The molecule has 0 radical (unpaired) electrons. The number of hydrogen-bond acceptors (Lipinski definition) is 4. The van der Waals surface area contributed by atoms with Crippen LogP contribution in [0.2, 0.25) is 0 Å². The molecule has 22 heavy (non-hydrogen) atoms. The molecule has 1 atom stereocenters. The van der Waals surface area contributed by atoms with Crippen LogP contribution < -0.4 is 5.32 Å². The Morgan fingerprint density at radius 1 is 1.27 bits per heavy atom. The van der Waals surface area contributed by atoms with Crippen molar-refractivity contribution >= 4 is 11.9 Å². The first kappa shape index (κ1) is 16.5. The van der Waals surface area contributed by atoms with Gasteiger partial charge in [-0.15, -0.1) is 0 Å². The summed E-state index contributed by atoms with van der Waals surface area (Å²) in [5.41, 5.74) is 1.10. The Morgan fingerprint density at radius 3 is 2.50 bits per heavy atom. The van der Waals surface area contributed by atoms with Gasteiger partial charge in [0.05, 0.1) is 7.11 Å². The summed E-state index contributed by atoms with van der Waals surface area (Å²) in [5, 5.41) is 3.00. The SMILES string of the molecule is COC(=O)C(C)N1CCC(C(=O)NCc2ccccc2)CC1. The van der Waals surface area contributed by atoms with Crippen LogP contribution in [0.5, 0.6) is 0 Å². The summed E-state index contributed by atoms with van der Waals surface area (Å²) in [7, 11) is 1.41. The number of esters is 1. The van der Waals surface area contributed by atoms with Gasteiger partial charge in [-0.05, 0) is 38.4 Å². The second kappa shape index (κ2) is 7.94. The molecule has 1 fully saturated rings. The summed E-state index contributed by atoms with van der Waals surface area (Å²) < 4.78 is 4.77. The van der Waals surface area contributed by atoms with Crippen molar-refractivity contribution in [2.24, 2.45) is 5.92 Å². The van der Waals surface area contributed by atoms with E-state index in [2.05, 4.69) is 10.2 Å². The number of benzene rings is 1. The standard InChI is InChI=1S/C17H24N2O3/c1-13(17(21)22-2)19-10-8-15(9-11-19)16(20)18-12-14-6-4-3-5-7-14/h3-7,13,15H,8-12H2,1-2H3,(H,18,20). The van der Waals surface area contributed by atoms with Crippen LogP contribution in [0.3, 0.4) is 0 Å². The highest BCUT2D eigenvalue weighted by molar-refractivity contribution is 5.79. The first-order valence-corrected chi connectivity index (χ1v) is 7.75. The van der Waals surface area contributed by atoms with Crippen LogP contribution in [-0.4, -0.2) is 43.0 Å². The maximum Gasteiger partial charge on any atom is 0.322 e. The lowest BCUT2D eigenvalue weighted by Crippen LogP contribution is -2.46. The van der Waals surface area contributed by atoms with E-state index in [0.717, 1.165) is 31.5 Å². The maximum atomic E-state index is 12.2. The molecule has 1 unspecified atom stereocenters. The summed E-state index contributed by atoms with van der Waals surface area (Å²) in [5.74, 6) is -0.0778. The molecule has 1 aliphatic heterocycles. The van der Waals surface area contributed by atoms with E-state index < -0.39 is 0 Å². The minimum absolute atomic E-state index is 0.0322. The minimum atomic E-state index is -0.238. The first-order chi connectivity index (χ1) is 10.6. The van der Waals surface area contributed by atoms with Gasteiger partial charge in [-0.3, -0.25) is 14.5 Å².